The molecule has 1 heterocycles. The Morgan fingerprint density at radius 1 is 1.39 bits per heavy atom. The largest absolute Gasteiger partial charge is 0.454 e. The Kier molecular flexibility index (Phi) is 3.54. The van der Waals surface area contributed by atoms with Crippen LogP contribution in [0.1, 0.15) is 25.5 Å². The normalized spacial score (nSPS) is 10.4. The minimum absolute atomic E-state index is 0.284. The number of nitriles is 1. The summed E-state index contributed by atoms with van der Waals surface area (Å²) in [6.45, 7) is 4.07. The number of aromatic nitrogens is 2. The zero-order valence-corrected chi connectivity index (χ0v) is 10.8. The summed E-state index contributed by atoms with van der Waals surface area (Å²) >= 11 is 5.93. The van der Waals surface area contributed by atoms with Crippen LogP contribution in [0, 0.1) is 11.3 Å². The van der Waals surface area contributed by atoms with Crippen molar-refractivity contribution < 1.29 is 4.74 Å². The molecule has 1 aromatic heterocycles. The summed E-state index contributed by atoms with van der Waals surface area (Å²) in [6, 6.07) is 7.24. The van der Waals surface area contributed by atoms with Gasteiger partial charge in [0.15, 0.2) is 5.75 Å². The number of ether oxygens (including phenoxy) is 1. The van der Waals surface area contributed by atoms with E-state index in [1.165, 1.54) is 0 Å². The van der Waals surface area contributed by atoms with Crippen LogP contribution in [0.3, 0.4) is 0 Å². The van der Waals surface area contributed by atoms with Gasteiger partial charge in [-0.2, -0.15) is 10.4 Å². The molecule has 0 aliphatic heterocycles. The predicted octanol–water partition coefficient (Wildman–Crippen LogP) is 3.78. The number of hydrogen-bond acceptors (Lipinski definition) is 3. The van der Waals surface area contributed by atoms with E-state index >= 15 is 0 Å². The monoisotopic (exact) mass is 261 g/mol. The number of hydrogen-bond donors (Lipinski definition) is 0. The van der Waals surface area contributed by atoms with Crippen LogP contribution in [-0.4, -0.2) is 9.78 Å². The smallest absolute Gasteiger partial charge is 0.165 e. The molecule has 2 rings (SSSR count). The molecular formula is C13H12ClN3O. The van der Waals surface area contributed by atoms with E-state index in [-0.39, 0.29) is 6.04 Å². The van der Waals surface area contributed by atoms with Crippen molar-refractivity contribution in [3.05, 3.63) is 41.2 Å². The van der Waals surface area contributed by atoms with Gasteiger partial charge in [-0.25, -0.2) is 0 Å². The van der Waals surface area contributed by atoms with Crippen LogP contribution in [0.15, 0.2) is 30.6 Å². The van der Waals surface area contributed by atoms with Gasteiger partial charge in [0.1, 0.15) is 11.8 Å². The minimum atomic E-state index is 0.284. The summed E-state index contributed by atoms with van der Waals surface area (Å²) in [5, 5.41) is 13.3. The summed E-state index contributed by atoms with van der Waals surface area (Å²) in [7, 11) is 0. The maximum absolute atomic E-state index is 8.77. The zero-order valence-electron chi connectivity index (χ0n) is 10.1. The van der Waals surface area contributed by atoms with Crippen LogP contribution in [-0.2, 0) is 0 Å². The molecule has 1 aromatic carbocycles. The second-order valence-electron chi connectivity index (χ2n) is 4.11. The van der Waals surface area contributed by atoms with E-state index in [2.05, 4.69) is 5.10 Å². The average Bonchev–Trinajstić information content (AvgIpc) is 2.78. The molecule has 0 aliphatic rings. The molecular weight excluding hydrogens is 250 g/mol. The summed E-state index contributed by atoms with van der Waals surface area (Å²) in [5.41, 5.74) is 0.432. The van der Waals surface area contributed by atoms with E-state index in [1.807, 2.05) is 26.1 Å². The van der Waals surface area contributed by atoms with E-state index in [4.69, 9.17) is 21.6 Å². The van der Waals surface area contributed by atoms with Crippen LogP contribution in [0.4, 0.5) is 0 Å². The third-order valence-electron chi connectivity index (χ3n) is 2.40. The quantitative estimate of drug-likeness (QED) is 0.845. The van der Waals surface area contributed by atoms with Gasteiger partial charge < -0.3 is 4.74 Å². The van der Waals surface area contributed by atoms with Crippen LogP contribution in [0.25, 0.3) is 0 Å². The Labute approximate surface area is 110 Å². The molecule has 5 heteroatoms. The fourth-order valence-corrected chi connectivity index (χ4v) is 1.65. The van der Waals surface area contributed by atoms with Crippen molar-refractivity contribution >= 4 is 11.6 Å². The fraction of sp³-hybridized carbons (Fsp3) is 0.231. The number of benzene rings is 1. The standard InChI is InChI=1S/C13H12ClN3O/c1-9(2)17-8-12(7-16-17)18-11-4-3-10(6-15)13(14)5-11/h3-5,7-9H,1-2H3. The van der Waals surface area contributed by atoms with Gasteiger partial charge in [-0.05, 0) is 26.0 Å². The van der Waals surface area contributed by atoms with E-state index in [0.29, 0.717) is 22.1 Å². The van der Waals surface area contributed by atoms with Crippen molar-refractivity contribution in [1.29, 1.82) is 5.26 Å². The van der Waals surface area contributed by atoms with E-state index in [1.54, 1.807) is 29.1 Å². The summed E-state index contributed by atoms with van der Waals surface area (Å²) in [4.78, 5) is 0. The van der Waals surface area contributed by atoms with Crippen molar-refractivity contribution in [2.45, 2.75) is 19.9 Å². The first-order chi connectivity index (χ1) is 8.60. The lowest BCUT2D eigenvalue weighted by Gasteiger charge is -2.05. The second kappa shape index (κ2) is 5.11. The highest BCUT2D eigenvalue weighted by molar-refractivity contribution is 6.31. The molecule has 0 N–H and O–H groups in total. The van der Waals surface area contributed by atoms with Gasteiger partial charge in [0, 0.05) is 12.1 Å². The number of nitrogens with zero attached hydrogens (tertiary/aromatic N) is 3. The Bertz CT molecular complexity index is 599. The molecule has 2 aromatic rings. The first kappa shape index (κ1) is 12.5. The molecule has 18 heavy (non-hydrogen) atoms. The second-order valence-corrected chi connectivity index (χ2v) is 4.51. The maximum Gasteiger partial charge on any atom is 0.165 e. The van der Waals surface area contributed by atoms with Gasteiger partial charge >= 0.3 is 0 Å². The van der Waals surface area contributed by atoms with Crippen molar-refractivity contribution in [2.24, 2.45) is 0 Å². The third kappa shape index (κ3) is 2.63. The first-order valence-corrected chi connectivity index (χ1v) is 5.89. The molecule has 0 bridgehead atoms. The Balaban J connectivity index is 2.18. The van der Waals surface area contributed by atoms with Crippen LogP contribution in [0.5, 0.6) is 11.5 Å². The van der Waals surface area contributed by atoms with Gasteiger partial charge in [0.05, 0.1) is 23.0 Å². The van der Waals surface area contributed by atoms with Crippen molar-refractivity contribution in [2.75, 3.05) is 0 Å². The third-order valence-corrected chi connectivity index (χ3v) is 2.72. The molecule has 0 amide bonds. The van der Waals surface area contributed by atoms with Crippen LogP contribution >= 0.6 is 11.6 Å². The van der Waals surface area contributed by atoms with Gasteiger partial charge in [0.2, 0.25) is 0 Å². The molecule has 0 unspecified atom stereocenters. The molecule has 4 nitrogen and oxygen atoms in total. The predicted molar refractivity (Wildman–Crippen MR) is 68.9 cm³/mol. The Morgan fingerprint density at radius 2 is 2.17 bits per heavy atom. The fourth-order valence-electron chi connectivity index (χ4n) is 1.44. The maximum atomic E-state index is 8.77. The van der Waals surface area contributed by atoms with Gasteiger partial charge in [-0.15, -0.1) is 0 Å². The van der Waals surface area contributed by atoms with Crippen molar-refractivity contribution in [1.82, 2.24) is 9.78 Å². The van der Waals surface area contributed by atoms with Crippen molar-refractivity contribution in [3.8, 4) is 17.6 Å². The molecule has 0 spiro atoms. The lowest BCUT2D eigenvalue weighted by molar-refractivity contribution is 0.477. The van der Waals surface area contributed by atoms with E-state index < -0.39 is 0 Å². The highest BCUT2D eigenvalue weighted by atomic mass is 35.5. The molecule has 0 saturated heterocycles. The average molecular weight is 262 g/mol. The SMILES string of the molecule is CC(C)n1cc(Oc2ccc(C#N)c(Cl)c2)cn1. The highest BCUT2D eigenvalue weighted by Crippen LogP contribution is 2.26. The van der Waals surface area contributed by atoms with E-state index in [9.17, 15) is 0 Å². The van der Waals surface area contributed by atoms with Crippen molar-refractivity contribution in [3.63, 3.8) is 0 Å². The van der Waals surface area contributed by atoms with Gasteiger partial charge in [-0.1, -0.05) is 11.6 Å². The minimum Gasteiger partial charge on any atom is -0.454 e. The molecule has 0 aliphatic carbocycles. The highest BCUT2D eigenvalue weighted by Gasteiger charge is 2.06. The van der Waals surface area contributed by atoms with E-state index in [0.717, 1.165) is 0 Å². The summed E-state index contributed by atoms with van der Waals surface area (Å²) < 4.78 is 7.42. The molecule has 0 fully saturated rings. The number of rotatable bonds is 3. The molecule has 0 atom stereocenters. The van der Waals surface area contributed by atoms with Crippen LogP contribution in [0.2, 0.25) is 5.02 Å². The first-order valence-electron chi connectivity index (χ1n) is 5.52. The Morgan fingerprint density at radius 3 is 2.72 bits per heavy atom. The molecule has 0 saturated carbocycles. The summed E-state index contributed by atoms with van der Waals surface area (Å²) in [5.74, 6) is 1.23. The lowest BCUT2D eigenvalue weighted by Crippen LogP contribution is -1.99. The van der Waals surface area contributed by atoms with Gasteiger partial charge in [0.25, 0.3) is 0 Å². The zero-order chi connectivity index (χ0) is 13.1. The number of halogens is 1. The van der Waals surface area contributed by atoms with Crippen LogP contribution < -0.4 is 4.74 Å². The Hall–Kier alpha value is -1.99. The topological polar surface area (TPSA) is 50.8 Å². The molecule has 92 valence electrons. The summed E-state index contributed by atoms with van der Waals surface area (Å²) in [6.07, 6.45) is 3.46. The lowest BCUT2D eigenvalue weighted by atomic mass is 10.2. The molecule has 0 radical (unpaired) electrons. The van der Waals surface area contributed by atoms with Gasteiger partial charge in [-0.3, -0.25) is 4.68 Å².